The molecule has 0 radical (unpaired) electrons. The molecule has 1 aliphatic carbocycles. The van der Waals surface area contributed by atoms with Gasteiger partial charge in [0.15, 0.2) is 0 Å². The van der Waals surface area contributed by atoms with Gasteiger partial charge in [0, 0.05) is 0 Å². The summed E-state index contributed by atoms with van der Waals surface area (Å²) in [6.07, 6.45) is 3.89. The van der Waals surface area contributed by atoms with Crippen molar-refractivity contribution in [2.45, 2.75) is 18.9 Å². The van der Waals surface area contributed by atoms with Gasteiger partial charge in [-0.3, -0.25) is 0 Å². The second-order valence-electron chi connectivity index (χ2n) is 4.51. The van der Waals surface area contributed by atoms with Crippen molar-refractivity contribution in [1.29, 1.82) is 0 Å². The third kappa shape index (κ3) is 1.96. The smallest absolute Gasteiger partial charge is 0.224 e. The molecule has 3 rings (SSSR count). The van der Waals surface area contributed by atoms with E-state index in [1.165, 1.54) is 0 Å². The van der Waals surface area contributed by atoms with Crippen molar-refractivity contribution in [2.75, 3.05) is 6.54 Å². The lowest BCUT2D eigenvalue weighted by Crippen LogP contribution is -2.37. The van der Waals surface area contributed by atoms with Crippen molar-refractivity contribution in [3.63, 3.8) is 0 Å². The SMILES string of the molecule is NCC1CC(Oc2ncnc3ccccc23)C1. The van der Waals surface area contributed by atoms with Crippen molar-refractivity contribution in [1.82, 2.24) is 9.97 Å². The molecule has 1 heterocycles. The fourth-order valence-corrected chi connectivity index (χ4v) is 2.20. The standard InChI is InChI=1S/C13H15N3O/c14-7-9-5-10(6-9)17-13-11-3-1-2-4-12(11)15-8-16-13/h1-4,8-10H,5-7,14H2. The highest BCUT2D eigenvalue weighted by Gasteiger charge is 2.30. The molecule has 0 saturated heterocycles. The zero-order valence-corrected chi connectivity index (χ0v) is 9.54. The van der Waals surface area contributed by atoms with Gasteiger partial charge in [-0.15, -0.1) is 0 Å². The summed E-state index contributed by atoms with van der Waals surface area (Å²) in [7, 11) is 0. The van der Waals surface area contributed by atoms with E-state index >= 15 is 0 Å². The summed E-state index contributed by atoms with van der Waals surface area (Å²) >= 11 is 0. The molecule has 1 fully saturated rings. The van der Waals surface area contributed by atoms with Gasteiger partial charge >= 0.3 is 0 Å². The Morgan fingerprint density at radius 3 is 2.88 bits per heavy atom. The Hall–Kier alpha value is -1.68. The number of para-hydroxylation sites is 1. The Kier molecular flexibility index (Phi) is 2.65. The summed E-state index contributed by atoms with van der Waals surface area (Å²) in [5, 5.41) is 0.978. The summed E-state index contributed by atoms with van der Waals surface area (Å²) in [6.45, 7) is 0.754. The molecule has 17 heavy (non-hydrogen) atoms. The van der Waals surface area contributed by atoms with Crippen LogP contribution in [0.15, 0.2) is 30.6 Å². The molecule has 0 spiro atoms. The van der Waals surface area contributed by atoms with Crippen molar-refractivity contribution in [3.05, 3.63) is 30.6 Å². The monoisotopic (exact) mass is 229 g/mol. The molecule has 0 atom stereocenters. The average molecular weight is 229 g/mol. The first-order valence-corrected chi connectivity index (χ1v) is 5.93. The molecule has 0 amide bonds. The number of fused-ring (bicyclic) bond motifs is 1. The fourth-order valence-electron chi connectivity index (χ4n) is 2.20. The van der Waals surface area contributed by atoms with Gasteiger partial charge in [0.25, 0.3) is 0 Å². The molecule has 1 saturated carbocycles. The first-order valence-electron chi connectivity index (χ1n) is 5.93. The first kappa shape index (κ1) is 10.5. The van der Waals surface area contributed by atoms with E-state index in [9.17, 15) is 0 Å². The lowest BCUT2D eigenvalue weighted by Gasteiger charge is -2.34. The minimum Gasteiger partial charge on any atom is -0.474 e. The largest absolute Gasteiger partial charge is 0.474 e. The molecule has 0 bridgehead atoms. The van der Waals surface area contributed by atoms with Crippen LogP contribution in [0.2, 0.25) is 0 Å². The molecule has 88 valence electrons. The van der Waals surface area contributed by atoms with Gasteiger partial charge in [-0.2, -0.15) is 0 Å². The fraction of sp³-hybridized carbons (Fsp3) is 0.385. The predicted molar refractivity (Wildman–Crippen MR) is 65.7 cm³/mol. The molecule has 1 aromatic heterocycles. The molecule has 0 unspecified atom stereocenters. The van der Waals surface area contributed by atoms with Crippen molar-refractivity contribution >= 4 is 10.9 Å². The molecule has 4 nitrogen and oxygen atoms in total. The Labute approximate surface area is 99.8 Å². The zero-order chi connectivity index (χ0) is 11.7. The van der Waals surface area contributed by atoms with E-state index in [0.717, 1.165) is 30.3 Å². The summed E-state index contributed by atoms with van der Waals surface area (Å²) in [4.78, 5) is 8.43. The average Bonchev–Trinajstić information content (AvgIpc) is 2.33. The van der Waals surface area contributed by atoms with Crippen LogP contribution in [0.4, 0.5) is 0 Å². The van der Waals surface area contributed by atoms with Crippen LogP contribution >= 0.6 is 0 Å². The number of ether oxygens (including phenoxy) is 1. The molecular weight excluding hydrogens is 214 g/mol. The maximum absolute atomic E-state index is 5.89. The highest BCUT2D eigenvalue weighted by molar-refractivity contribution is 5.82. The Bertz CT molecular complexity index is 518. The lowest BCUT2D eigenvalue weighted by atomic mass is 9.82. The summed E-state index contributed by atoms with van der Waals surface area (Å²) in [5.41, 5.74) is 6.52. The van der Waals surface area contributed by atoms with Crippen LogP contribution in [0.1, 0.15) is 12.8 Å². The second-order valence-corrected chi connectivity index (χ2v) is 4.51. The second kappa shape index (κ2) is 4.30. The van der Waals surface area contributed by atoms with Gasteiger partial charge in [0.1, 0.15) is 12.4 Å². The lowest BCUT2D eigenvalue weighted by molar-refractivity contribution is 0.0663. The number of nitrogens with zero attached hydrogens (tertiary/aromatic N) is 2. The van der Waals surface area contributed by atoms with Crippen LogP contribution in [0.3, 0.4) is 0 Å². The number of benzene rings is 1. The minimum atomic E-state index is 0.266. The van der Waals surface area contributed by atoms with Crippen LogP contribution in [0.25, 0.3) is 10.9 Å². The zero-order valence-electron chi connectivity index (χ0n) is 9.54. The predicted octanol–water partition coefficient (Wildman–Crippen LogP) is 1.75. The van der Waals surface area contributed by atoms with Gasteiger partial charge in [-0.25, -0.2) is 9.97 Å². The van der Waals surface area contributed by atoms with Crippen LogP contribution in [0, 0.1) is 5.92 Å². The maximum Gasteiger partial charge on any atom is 0.224 e. The third-order valence-electron chi connectivity index (χ3n) is 3.31. The Balaban J connectivity index is 1.81. The topological polar surface area (TPSA) is 61.0 Å². The Morgan fingerprint density at radius 1 is 1.24 bits per heavy atom. The van der Waals surface area contributed by atoms with E-state index in [1.807, 2.05) is 24.3 Å². The quantitative estimate of drug-likeness (QED) is 0.871. The highest BCUT2D eigenvalue weighted by atomic mass is 16.5. The van der Waals surface area contributed by atoms with Gasteiger partial charge in [0.2, 0.25) is 5.88 Å². The van der Waals surface area contributed by atoms with Crippen molar-refractivity contribution < 1.29 is 4.74 Å². The van der Waals surface area contributed by atoms with Gasteiger partial charge in [0.05, 0.1) is 10.9 Å². The minimum absolute atomic E-state index is 0.266. The molecule has 2 aromatic rings. The van der Waals surface area contributed by atoms with Gasteiger partial charge in [-0.1, -0.05) is 12.1 Å². The van der Waals surface area contributed by atoms with E-state index in [-0.39, 0.29) is 6.10 Å². The van der Waals surface area contributed by atoms with E-state index < -0.39 is 0 Å². The highest BCUT2D eigenvalue weighted by Crippen LogP contribution is 2.31. The third-order valence-corrected chi connectivity index (χ3v) is 3.31. The Morgan fingerprint density at radius 2 is 2.06 bits per heavy atom. The van der Waals surface area contributed by atoms with E-state index in [4.69, 9.17) is 10.5 Å². The van der Waals surface area contributed by atoms with Crippen molar-refractivity contribution in [3.8, 4) is 5.88 Å². The van der Waals surface area contributed by atoms with E-state index in [1.54, 1.807) is 6.33 Å². The van der Waals surface area contributed by atoms with E-state index in [0.29, 0.717) is 11.8 Å². The number of hydrogen-bond donors (Lipinski definition) is 1. The molecular formula is C13H15N3O. The molecule has 2 N–H and O–H groups in total. The summed E-state index contributed by atoms with van der Waals surface area (Å²) in [5.74, 6) is 1.31. The first-order chi connectivity index (χ1) is 8.36. The summed E-state index contributed by atoms with van der Waals surface area (Å²) < 4.78 is 5.89. The van der Waals surface area contributed by atoms with Crippen LogP contribution in [0.5, 0.6) is 5.88 Å². The van der Waals surface area contributed by atoms with Crippen LogP contribution in [-0.4, -0.2) is 22.6 Å². The molecule has 1 aliphatic rings. The van der Waals surface area contributed by atoms with E-state index in [2.05, 4.69) is 9.97 Å². The van der Waals surface area contributed by atoms with Crippen LogP contribution < -0.4 is 10.5 Å². The maximum atomic E-state index is 5.89. The summed E-state index contributed by atoms with van der Waals surface area (Å²) in [6, 6.07) is 7.89. The molecule has 4 heteroatoms. The number of aromatic nitrogens is 2. The van der Waals surface area contributed by atoms with Gasteiger partial charge < -0.3 is 10.5 Å². The normalized spacial score (nSPS) is 23.4. The van der Waals surface area contributed by atoms with Crippen LogP contribution in [-0.2, 0) is 0 Å². The molecule has 0 aliphatic heterocycles. The molecule has 1 aromatic carbocycles. The number of nitrogens with two attached hydrogens (primary N) is 1. The number of rotatable bonds is 3. The van der Waals surface area contributed by atoms with Crippen molar-refractivity contribution in [2.24, 2.45) is 11.7 Å². The number of hydrogen-bond acceptors (Lipinski definition) is 4. The van der Waals surface area contributed by atoms with Gasteiger partial charge in [-0.05, 0) is 37.4 Å².